The van der Waals surface area contributed by atoms with Crippen molar-refractivity contribution < 1.29 is 34.2 Å². The molecule has 12 nitrogen and oxygen atoms in total. The molecule has 9 N–H and O–H groups in total. The summed E-state index contributed by atoms with van der Waals surface area (Å²) in [4.78, 5) is 59.7. The maximum Gasteiger partial charge on any atom is 0.326 e. The molecule has 0 aliphatic carbocycles. The van der Waals surface area contributed by atoms with E-state index in [1.165, 1.54) is 6.92 Å². The molecule has 0 radical (unpaired) electrons. The van der Waals surface area contributed by atoms with Crippen molar-refractivity contribution in [2.45, 2.75) is 70.3 Å². The van der Waals surface area contributed by atoms with Crippen LogP contribution in [-0.4, -0.2) is 75.8 Å². The molecule has 13 heteroatoms. The monoisotopic (exact) mass is 463 g/mol. The van der Waals surface area contributed by atoms with E-state index in [9.17, 15) is 34.2 Å². The summed E-state index contributed by atoms with van der Waals surface area (Å²) in [6.07, 6.45) is -1.11. The summed E-state index contributed by atoms with van der Waals surface area (Å²) < 4.78 is 0. The largest absolute Gasteiger partial charge is 0.480 e. The number of carboxylic acids is 1. The van der Waals surface area contributed by atoms with Crippen LogP contribution in [0.4, 0.5) is 0 Å². The quantitative estimate of drug-likeness (QED) is 0.128. The van der Waals surface area contributed by atoms with E-state index in [0.29, 0.717) is 6.42 Å². The van der Waals surface area contributed by atoms with E-state index in [1.54, 1.807) is 13.8 Å². The van der Waals surface area contributed by atoms with Crippen LogP contribution in [0.15, 0.2) is 0 Å². The third kappa shape index (κ3) is 9.98. The predicted octanol–water partition coefficient (Wildman–Crippen LogP) is -2.53. The average molecular weight is 464 g/mol. The molecule has 0 aliphatic heterocycles. The van der Waals surface area contributed by atoms with Crippen molar-refractivity contribution in [1.82, 2.24) is 16.0 Å². The fourth-order valence-corrected chi connectivity index (χ4v) is 2.70. The third-order valence-electron chi connectivity index (χ3n) is 4.73. The smallest absolute Gasteiger partial charge is 0.326 e. The first-order valence-electron chi connectivity index (χ1n) is 9.82. The molecule has 0 heterocycles. The van der Waals surface area contributed by atoms with E-state index in [1.807, 2.05) is 0 Å². The SMILES string of the molecule is CCC(C)C(NC(=O)C(CS)NC(=O)C(N)C(C)O)C(=O)NC(CCC(N)=O)C(=O)O. The van der Waals surface area contributed by atoms with Gasteiger partial charge in [0, 0.05) is 12.2 Å². The zero-order valence-electron chi connectivity index (χ0n) is 17.8. The highest BCUT2D eigenvalue weighted by Crippen LogP contribution is 2.10. The fourth-order valence-electron chi connectivity index (χ4n) is 2.44. The number of rotatable bonds is 14. The molecule has 0 aliphatic rings. The minimum atomic E-state index is -1.37. The molecule has 0 rings (SSSR count). The molecule has 0 aromatic carbocycles. The van der Waals surface area contributed by atoms with Crippen molar-refractivity contribution in [2.75, 3.05) is 5.75 Å². The number of thiol groups is 1. The van der Waals surface area contributed by atoms with Crippen LogP contribution in [0, 0.1) is 5.92 Å². The minimum absolute atomic E-state index is 0.116. The Labute approximate surface area is 186 Å². The van der Waals surface area contributed by atoms with Gasteiger partial charge in [0.15, 0.2) is 0 Å². The number of nitrogens with one attached hydrogen (secondary N) is 3. The molecular formula is C18H33N5O7S. The van der Waals surface area contributed by atoms with Gasteiger partial charge in [-0.25, -0.2) is 4.79 Å². The number of aliphatic carboxylic acids is 1. The number of nitrogens with two attached hydrogens (primary N) is 2. The summed E-state index contributed by atoms with van der Waals surface area (Å²) in [5.41, 5.74) is 10.6. The fraction of sp³-hybridized carbons (Fsp3) is 0.722. The summed E-state index contributed by atoms with van der Waals surface area (Å²) in [5.74, 6) is -4.83. The summed E-state index contributed by atoms with van der Waals surface area (Å²) in [6.45, 7) is 4.78. The van der Waals surface area contributed by atoms with Crippen molar-refractivity contribution in [3.63, 3.8) is 0 Å². The topological polar surface area (TPSA) is 214 Å². The van der Waals surface area contributed by atoms with Gasteiger partial charge in [-0.2, -0.15) is 12.6 Å². The van der Waals surface area contributed by atoms with Gasteiger partial charge >= 0.3 is 5.97 Å². The number of carboxylic acid groups (broad SMARTS) is 1. The molecule has 6 atom stereocenters. The van der Waals surface area contributed by atoms with E-state index in [0.717, 1.165) is 0 Å². The van der Waals surface area contributed by atoms with Crippen molar-refractivity contribution in [3.8, 4) is 0 Å². The molecule has 31 heavy (non-hydrogen) atoms. The number of amides is 4. The van der Waals surface area contributed by atoms with E-state index in [-0.39, 0.29) is 24.5 Å². The standard InChI is InChI=1S/C18H33N5O7S/c1-4-8(2)14(17(28)21-10(18(29)30)5-6-12(19)25)23-15(26)11(7-31)22-16(27)13(20)9(3)24/h8-11,13-14,24,31H,4-7,20H2,1-3H3,(H2,19,25)(H,21,28)(H,22,27)(H,23,26)(H,29,30). The van der Waals surface area contributed by atoms with E-state index < -0.39 is 59.9 Å². The van der Waals surface area contributed by atoms with Gasteiger partial charge < -0.3 is 37.6 Å². The normalized spacial score (nSPS) is 16.7. The second-order valence-corrected chi connectivity index (χ2v) is 7.65. The molecule has 0 bridgehead atoms. The molecule has 4 amide bonds. The summed E-state index contributed by atoms with van der Waals surface area (Å²) in [6, 6.07) is -4.89. The number of primary amides is 1. The highest BCUT2D eigenvalue weighted by atomic mass is 32.1. The average Bonchev–Trinajstić information content (AvgIpc) is 2.70. The second-order valence-electron chi connectivity index (χ2n) is 7.29. The Bertz CT molecular complexity index is 661. The van der Waals surface area contributed by atoms with Crippen LogP contribution in [0.5, 0.6) is 0 Å². The molecule has 0 saturated heterocycles. The lowest BCUT2D eigenvalue weighted by atomic mass is 9.97. The molecule has 178 valence electrons. The van der Waals surface area contributed by atoms with Gasteiger partial charge in [-0.15, -0.1) is 0 Å². The van der Waals surface area contributed by atoms with Crippen LogP contribution in [0.1, 0.15) is 40.0 Å². The highest BCUT2D eigenvalue weighted by Gasteiger charge is 2.32. The molecule has 6 unspecified atom stereocenters. The molecule has 0 fully saturated rings. The van der Waals surface area contributed by atoms with Crippen LogP contribution in [0.3, 0.4) is 0 Å². The van der Waals surface area contributed by atoms with E-state index in [2.05, 4.69) is 28.6 Å². The molecule has 0 aromatic rings. The van der Waals surface area contributed by atoms with Gasteiger partial charge in [0.25, 0.3) is 0 Å². The van der Waals surface area contributed by atoms with Crippen LogP contribution in [-0.2, 0) is 24.0 Å². The van der Waals surface area contributed by atoms with Crippen molar-refractivity contribution in [1.29, 1.82) is 0 Å². The molecule has 0 aromatic heterocycles. The van der Waals surface area contributed by atoms with E-state index in [4.69, 9.17) is 11.5 Å². The maximum atomic E-state index is 12.7. The first-order valence-corrected chi connectivity index (χ1v) is 10.5. The number of hydrogen-bond acceptors (Lipinski definition) is 8. The second kappa shape index (κ2) is 13.8. The Kier molecular flexibility index (Phi) is 12.8. The number of aliphatic hydroxyl groups is 1. The number of aliphatic hydroxyl groups excluding tert-OH is 1. The van der Waals surface area contributed by atoms with Crippen LogP contribution < -0.4 is 27.4 Å². The highest BCUT2D eigenvalue weighted by molar-refractivity contribution is 7.80. The maximum absolute atomic E-state index is 12.7. The van der Waals surface area contributed by atoms with Crippen LogP contribution in [0.25, 0.3) is 0 Å². The molecule has 0 saturated carbocycles. The van der Waals surface area contributed by atoms with Gasteiger partial charge in [-0.1, -0.05) is 20.3 Å². The zero-order valence-corrected chi connectivity index (χ0v) is 18.7. The van der Waals surface area contributed by atoms with Gasteiger partial charge in [0.2, 0.25) is 23.6 Å². The summed E-state index contributed by atoms with van der Waals surface area (Å²) in [5, 5.41) is 25.8. The summed E-state index contributed by atoms with van der Waals surface area (Å²) in [7, 11) is 0. The predicted molar refractivity (Wildman–Crippen MR) is 115 cm³/mol. The third-order valence-corrected chi connectivity index (χ3v) is 5.09. The van der Waals surface area contributed by atoms with Crippen LogP contribution in [0.2, 0.25) is 0 Å². The minimum Gasteiger partial charge on any atom is -0.480 e. The lowest BCUT2D eigenvalue weighted by Crippen LogP contribution is -2.59. The Hall–Kier alpha value is -2.38. The van der Waals surface area contributed by atoms with Crippen molar-refractivity contribution >= 4 is 42.2 Å². The molecule has 0 spiro atoms. The number of carbonyl (C=O) groups excluding carboxylic acids is 4. The van der Waals surface area contributed by atoms with Gasteiger partial charge in [-0.3, -0.25) is 19.2 Å². The Morgan fingerprint density at radius 2 is 1.52 bits per heavy atom. The first-order chi connectivity index (χ1) is 14.3. The molecular weight excluding hydrogens is 430 g/mol. The Morgan fingerprint density at radius 3 is 1.94 bits per heavy atom. The lowest BCUT2D eigenvalue weighted by Gasteiger charge is -2.27. The van der Waals surface area contributed by atoms with Gasteiger partial charge in [-0.05, 0) is 19.3 Å². The van der Waals surface area contributed by atoms with Gasteiger partial charge in [0.1, 0.15) is 24.2 Å². The van der Waals surface area contributed by atoms with E-state index >= 15 is 0 Å². The van der Waals surface area contributed by atoms with Crippen molar-refractivity contribution in [2.24, 2.45) is 17.4 Å². The first kappa shape index (κ1) is 28.6. The summed E-state index contributed by atoms with van der Waals surface area (Å²) >= 11 is 4.03. The number of hydrogen-bond donors (Lipinski definition) is 8. The Morgan fingerprint density at radius 1 is 0.968 bits per heavy atom. The number of carbonyl (C=O) groups is 5. The lowest BCUT2D eigenvalue weighted by molar-refractivity contribution is -0.143. The Balaban J connectivity index is 5.34. The van der Waals surface area contributed by atoms with Crippen LogP contribution >= 0.6 is 12.6 Å². The zero-order chi connectivity index (χ0) is 24.3. The van der Waals surface area contributed by atoms with Gasteiger partial charge in [0.05, 0.1) is 6.10 Å². The van der Waals surface area contributed by atoms with Crippen molar-refractivity contribution in [3.05, 3.63) is 0 Å².